The van der Waals surface area contributed by atoms with Crippen molar-refractivity contribution in [3.05, 3.63) is 11.6 Å². The van der Waals surface area contributed by atoms with Crippen LogP contribution in [0.2, 0.25) is 0 Å². The van der Waals surface area contributed by atoms with E-state index in [1.54, 1.807) is 19.2 Å². The van der Waals surface area contributed by atoms with E-state index in [9.17, 15) is 4.79 Å². The van der Waals surface area contributed by atoms with Gasteiger partial charge >= 0.3 is 0 Å². The van der Waals surface area contributed by atoms with E-state index in [1.165, 1.54) is 0 Å². The lowest BCUT2D eigenvalue weighted by atomic mass is 10.1. The summed E-state index contributed by atoms with van der Waals surface area (Å²) < 4.78 is 0. The van der Waals surface area contributed by atoms with Crippen LogP contribution in [0.15, 0.2) is 16.6 Å². The van der Waals surface area contributed by atoms with E-state index in [4.69, 9.17) is 0 Å². The van der Waals surface area contributed by atoms with Crippen molar-refractivity contribution in [2.24, 2.45) is 4.99 Å². The second-order valence-corrected chi connectivity index (χ2v) is 2.05. The molecule has 0 aromatic rings. The molecule has 0 unspecified atom stereocenters. The molecule has 0 aromatic carbocycles. The highest BCUT2D eigenvalue weighted by molar-refractivity contribution is 5.97. The molecule has 1 rings (SSSR count). The molecule has 2 heteroatoms. The van der Waals surface area contributed by atoms with Crippen molar-refractivity contribution in [2.45, 2.75) is 13.3 Å². The van der Waals surface area contributed by atoms with Gasteiger partial charge in [0.25, 0.3) is 0 Å². The maximum absolute atomic E-state index is 10.7. The molecule has 1 aliphatic heterocycles. The zero-order valence-corrected chi connectivity index (χ0v) is 5.42. The number of carbonyl (C=O) groups is 1. The molecule has 0 fully saturated rings. The number of rotatable bonds is 1. The molecule has 0 radical (unpaired) electrons. The number of allylic oxidation sites excluding steroid dienone is 1. The topological polar surface area (TPSA) is 29.4 Å². The second kappa shape index (κ2) is 2.58. The van der Waals surface area contributed by atoms with E-state index >= 15 is 0 Å². The monoisotopic (exact) mass is 123 g/mol. The van der Waals surface area contributed by atoms with Crippen LogP contribution in [0.3, 0.4) is 0 Å². The van der Waals surface area contributed by atoms with Crippen LogP contribution in [-0.4, -0.2) is 18.5 Å². The minimum absolute atomic E-state index is 0.168. The Balaban J connectivity index is 2.68. The first-order valence-electron chi connectivity index (χ1n) is 3.00. The van der Waals surface area contributed by atoms with E-state index < -0.39 is 0 Å². The zero-order valence-electron chi connectivity index (χ0n) is 5.42. The lowest BCUT2D eigenvalue weighted by molar-refractivity contribution is -0.113. The first-order chi connectivity index (χ1) is 4.30. The Morgan fingerprint density at radius 3 is 2.89 bits per heavy atom. The fourth-order valence-corrected chi connectivity index (χ4v) is 0.779. The molecule has 0 saturated carbocycles. The SMILES string of the molecule is CC(=O)C1=CC=NCC1. The predicted molar refractivity (Wildman–Crippen MR) is 36.7 cm³/mol. The highest BCUT2D eigenvalue weighted by Gasteiger charge is 2.03. The van der Waals surface area contributed by atoms with Crippen LogP contribution in [-0.2, 0) is 4.79 Å². The van der Waals surface area contributed by atoms with Crippen LogP contribution in [0.1, 0.15) is 13.3 Å². The maximum atomic E-state index is 10.7. The first kappa shape index (κ1) is 6.20. The van der Waals surface area contributed by atoms with Gasteiger partial charge in [0.2, 0.25) is 0 Å². The first-order valence-corrected chi connectivity index (χ1v) is 3.00. The maximum Gasteiger partial charge on any atom is 0.155 e. The van der Waals surface area contributed by atoms with Crippen molar-refractivity contribution >= 4 is 12.0 Å². The Morgan fingerprint density at radius 1 is 1.78 bits per heavy atom. The fraction of sp³-hybridized carbons (Fsp3) is 0.429. The molecule has 0 aliphatic carbocycles. The van der Waals surface area contributed by atoms with E-state index in [0.717, 1.165) is 18.5 Å². The third-order valence-electron chi connectivity index (χ3n) is 1.34. The van der Waals surface area contributed by atoms with Gasteiger partial charge in [-0.25, -0.2) is 0 Å². The van der Waals surface area contributed by atoms with Crippen molar-refractivity contribution < 1.29 is 4.79 Å². The smallest absolute Gasteiger partial charge is 0.155 e. The van der Waals surface area contributed by atoms with Gasteiger partial charge in [-0.2, -0.15) is 0 Å². The van der Waals surface area contributed by atoms with Crippen molar-refractivity contribution in [1.82, 2.24) is 0 Å². The highest BCUT2D eigenvalue weighted by atomic mass is 16.1. The molecule has 2 nitrogen and oxygen atoms in total. The minimum atomic E-state index is 0.168. The van der Waals surface area contributed by atoms with Crippen LogP contribution >= 0.6 is 0 Å². The Kier molecular flexibility index (Phi) is 1.78. The van der Waals surface area contributed by atoms with Gasteiger partial charge in [-0.1, -0.05) is 0 Å². The van der Waals surface area contributed by atoms with E-state index in [0.29, 0.717) is 0 Å². The Hall–Kier alpha value is -0.920. The van der Waals surface area contributed by atoms with Crippen molar-refractivity contribution in [1.29, 1.82) is 0 Å². The van der Waals surface area contributed by atoms with Gasteiger partial charge in [-0.3, -0.25) is 9.79 Å². The predicted octanol–water partition coefficient (Wildman–Crippen LogP) is 0.976. The quantitative estimate of drug-likeness (QED) is 0.511. The van der Waals surface area contributed by atoms with Gasteiger partial charge in [0.15, 0.2) is 5.78 Å². The highest BCUT2D eigenvalue weighted by Crippen LogP contribution is 2.04. The molecular formula is C7H9NO. The largest absolute Gasteiger partial charge is 0.295 e. The summed E-state index contributed by atoms with van der Waals surface area (Å²) in [6, 6.07) is 0. The summed E-state index contributed by atoms with van der Waals surface area (Å²) in [5.41, 5.74) is 0.894. The summed E-state index contributed by atoms with van der Waals surface area (Å²) in [6.45, 7) is 2.36. The van der Waals surface area contributed by atoms with E-state index in [1.807, 2.05) is 0 Å². The van der Waals surface area contributed by atoms with Crippen LogP contribution < -0.4 is 0 Å². The molecular weight excluding hydrogens is 114 g/mol. The van der Waals surface area contributed by atoms with Crippen molar-refractivity contribution in [3.8, 4) is 0 Å². The van der Waals surface area contributed by atoms with Crippen LogP contribution in [0.4, 0.5) is 0 Å². The average Bonchev–Trinajstić information content (AvgIpc) is 1.90. The summed E-state index contributed by atoms with van der Waals surface area (Å²) in [4.78, 5) is 14.6. The van der Waals surface area contributed by atoms with Gasteiger partial charge in [-0.05, 0) is 25.0 Å². The Morgan fingerprint density at radius 2 is 2.56 bits per heavy atom. The number of Topliss-reactive ketones (excluding diaryl/α,β-unsaturated/α-hetero) is 1. The number of nitrogens with zero attached hydrogens (tertiary/aromatic N) is 1. The molecule has 0 aromatic heterocycles. The summed E-state index contributed by atoms with van der Waals surface area (Å²) in [5.74, 6) is 0.168. The van der Waals surface area contributed by atoms with Crippen molar-refractivity contribution in [3.63, 3.8) is 0 Å². The molecule has 0 saturated heterocycles. The van der Waals surface area contributed by atoms with Crippen LogP contribution in [0.5, 0.6) is 0 Å². The third kappa shape index (κ3) is 1.49. The summed E-state index contributed by atoms with van der Waals surface area (Å²) >= 11 is 0. The van der Waals surface area contributed by atoms with E-state index in [-0.39, 0.29) is 5.78 Å². The van der Waals surface area contributed by atoms with Crippen LogP contribution in [0, 0.1) is 0 Å². The number of ketones is 1. The van der Waals surface area contributed by atoms with E-state index in [2.05, 4.69) is 4.99 Å². The number of aliphatic imine (C=N–C) groups is 1. The Bertz CT molecular complexity index is 179. The van der Waals surface area contributed by atoms with Gasteiger partial charge in [0, 0.05) is 12.8 Å². The summed E-state index contributed by atoms with van der Waals surface area (Å²) in [7, 11) is 0. The van der Waals surface area contributed by atoms with Gasteiger partial charge in [0.05, 0.1) is 0 Å². The molecule has 0 N–H and O–H groups in total. The molecule has 0 bridgehead atoms. The number of hydrogen-bond acceptors (Lipinski definition) is 2. The molecule has 9 heavy (non-hydrogen) atoms. The number of hydrogen-bond donors (Lipinski definition) is 0. The Labute approximate surface area is 54.3 Å². The molecule has 0 spiro atoms. The van der Waals surface area contributed by atoms with Gasteiger partial charge in [0.1, 0.15) is 0 Å². The third-order valence-corrected chi connectivity index (χ3v) is 1.34. The molecule has 1 aliphatic rings. The minimum Gasteiger partial charge on any atom is -0.295 e. The molecule has 0 atom stereocenters. The molecule has 0 amide bonds. The standard InChI is InChI=1S/C7H9NO/c1-6(9)7-2-4-8-5-3-7/h2,4H,3,5H2,1H3. The molecule has 1 heterocycles. The zero-order chi connectivity index (χ0) is 6.69. The summed E-state index contributed by atoms with van der Waals surface area (Å²) in [6.07, 6.45) is 4.29. The normalized spacial score (nSPS) is 17.2. The second-order valence-electron chi connectivity index (χ2n) is 2.05. The molecule has 48 valence electrons. The van der Waals surface area contributed by atoms with Crippen molar-refractivity contribution in [2.75, 3.05) is 6.54 Å². The number of dihydropyridines is 1. The van der Waals surface area contributed by atoms with Gasteiger partial charge < -0.3 is 0 Å². The summed E-state index contributed by atoms with van der Waals surface area (Å²) in [5, 5.41) is 0. The number of carbonyl (C=O) groups excluding carboxylic acids is 1. The van der Waals surface area contributed by atoms with Gasteiger partial charge in [-0.15, -0.1) is 0 Å². The lowest BCUT2D eigenvalue weighted by Crippen LogP contribution is -2.02. The lowest BCUT2D eigenvalue weighted by Gasteiger charge is -2.02. The van der Waals surface area contributed by atoms with Crippen LogP contribution in [0.25, 0.3) is 0 Å². The fourth-order valence-electron chi connectivity index (χ4n) is 0.779. The average molecular weight is 123 g/mol.